The second-order valence-corrected chi connectivity index (χ2v) is 5.62. The number of benzene rings is 1. The van der Waals surface area contributed by atoms with Crippen molar-refractivity contribution in [3.05, 3.63) is 34.3 Å². The van der Waals surface area contributed by atoms with Gasteiger partial charge in [-0.25, -0.2) is 0 Å². The zero-order valence-corrected chi connectivity index (χ0v) is 12.5. The Kier molecular flexibility index (Phi) is 5.64. The largest absolute Gasteiger partial charge is 0.383 e. The van der Waals surface area contributed by atoms with E-state index in [-0.39, 0.29) is 0 Å². The standard InChI is InChI=1S/C15H23ClN2O/c1-18(9-10-19-2)8-7-17-15-6-3-12-11-13(16)4-5-14(12)15/h4-5,11,15,17H,3,6-10H2,1-2H3. The maximum absolute atomic E-state index is 6.03. The fourth-order valence-corrected chi connectivity index (χ4v) is 2.78. The molecule has 0 aromatic heterocycles. The average Bonchev–Trinajstić information content (AvgIpc) is 2.79. The molecule has 0 saturated heterocycles. The lowest BCUT2D eigenvalue weighted by molar-refractivity contribution is 0.161. The molecule has 106 valence electrons. The van der Waals surface area contributed by atoms with E-state index in [9.17, 15) is 0 Å². The average molecular weight is 283 g/mol. The third-order valence-corrected chi connectivity index (χ3v) is 3.98. The Hall–Kier alpha value is -0.610. The van der Waals surface area contributed by atoms with Gasteiger partial charge in [0.15, 0.2) is 0 Å². The minimum absolute atomic E-state index is 0.489. The molecule has 1 aliphatic rings. The third kappa shape index (κ3) is 4.18. The van der Waals surface area contributed by atoms with E-state index in [1.165, 1.54) is 17.5 Å². The normalized spacial score (nSPS) is 18.0. The molecule has 4 heteroatoms. The summed E-state index contributed by atoms with van der Waals surface area (Å²) in [5.74, 6) is 0. The first-order valence-corrected chi connectivity index (χ1v) is 7.27. The first-order valence-electron chi connectivity index (χ1n) is 6.90. The van der Waals surface area contributed by atoms with Crippen LogP contribution < -0.4 is 5.32 Å². The molecule has 1 atom stereocenters. The van der Waals surface area contributed by atoms with Gasteiger partial charge in [0.2, 0.25) is 0 Å². The van der Waals surface area contributed by atoms with Crippen molar-refractivity contribution in [3.63, 3.8) is 0 Å². The maximum Gasteiger partial charge on any atom is 0.0589 e. The number of aryl methyl sites for hydroxylation is 1. The van der Waals surface area contributed by atoms with Crippen molar-refractivity contribution in [2.75, 3.05) is 40.4 Å². The Morgan fingerprint density at radius 1 is 1.42 bits per heavy atom. The third-order valence-electron chi connectivity index (χ3n) is 3.74. The van der Waals surface area contributed by atoms with Gasteiger partial charge < -0.3 is 15.0 Å². The van der Waals surface area contributed by atoms with E-state index >= 15 is 0 Å². The zero-order valence-electron chi connectivity index (χ0n) is 11.8. The highest BCUT2D eigenvalue weighted by Crippen LogP contribution is 2.32. The summed E-state index contributed by atoms with van der Waals surface area (Å²) in [5.41, 5.74) is 2.82. The molecule has 3 nitrogen and oxygen atoms in total. The maximum atomic E-state index is 6.03. The lowest BCUT2D eigenvalue weighted by Crippen LogP contribution is -2.32. The number of hydrogen-bond donors (Lipinski definition) is 1. The highest BCUT2D eigenvalue weighted by molar-refractivity contribution is 6.30. The van der Waals surface area contributed by atoms with Crippen LogP contribution in [0.3, 0.4) is 0 Å². The Morgan fingerprint density at radius 3 is 3.05 bits per heavy atom. The Balaban J connectivity index is 1.77. The van der Waals surface area contributed by atoms with Crippen molar-refractivity contribution in [1.29, 1.82) is 0 Å². The molecule has 0 aliphatic heterocycles. The smallest absolute Gasteiger partial charge is 0.0589 e. The van der Waals surface area contributed by atoms with Crippen molar-refractivity contribution in [3.8, 4) is 0 Å². The van der Waals surface area contributed by atoms with E-state index in [0.29, 0.717) is 6.04 Å². The van der Waals surface area contributed by atoms with Crippen molar-refractivity contribution in [2.45, 2.75) is 18.9 Å². The summed E-state index contributed by atoms with van der Waals surface area (Å²) >= 11 is 6.03. The number of rotatable bonds is 7. The van der Waals surface area contributed by atoms with Gasteiger partial charge in [0.1, 0.15) is 0 Å². The van der Waals surface area contributed by atoms with Crippen molar-refractivity contribution < 1.29 is 4.74 Å². The molecule has 0 fully saturated rings. The summed E-state index contributed by atoms with van der Waals surface area (Å²) < 4.78 is 5.08. The summed E-state index contributed by atoms with van der Waals surface area (Å²) in [7, 11) is 3.87. The van der Waals surface area contributed by atoms with Crippen molar-refractivity contribution >= 4 is 11.6 Å². The second-order valence-electron chi connectivity index (χ2n) is 5.18. The molecule has 0 bridgehead atoms. The highest BCUT2D eigenvalue weighted by Gasteiger charge is 2.21. The van der Waals surface area contributed by atoms with Crippen LogP contribution in [0.25, 0.3) is 0 Å². The molecule has 1 N–H and O–H groups in total. The van der Waals surface area contributed by atoms with Crippen molar-refractivity contribution in [1.82, 2.24) is 10.2 Å². The molecule has 19 heavy (non-hydrogen) atoms. The first kappa shape index (κ1) is 14.8. The van der Waals surface area contributed by atoms with Crippen LogP contribution in [0.2, 0.25) is 5.02 Å². The summed E-state index contributed by atoms with van der Waals surface area (Å²) in [6.45, 7) is 3.83. The first-order chi connectivity index (χ1) is 9.20. The van der Waals surface area contributed by atoms with Crippen LogP contribution in [0, 0.1) is 0 Å². The van der Waals surface area contributed by atoms with Gasteiger partial charge in [0.25, 0.3) is 0 Å². The number of likely N-dealkylation sites (N-methyl/N-ethyl adjacent to an activating group) is 1. The Bertz CT molecular complexity index is 411. The number of methoxy groups -OCH3 is 1. The second kappa shape index (κ2) is 7.25. The van der Waals surface area contributed by atoms with Gasteiger partial charge in [-0.05, 0) is 43.1 Å². The molecule has 0 amide bonds. The fraction of sp³-hybridized carbons (Fsp3) is 0.600. The van der Waals surface area contributed by atoms with Gasteiger partial charge in [0, 0.05) is 37.8 Å². The van der Waals surface area contributed by atoms with Gasteiger partial charge in [-0.2, -0.15) is 0 Å². The van der Waals surface area contributed by atoms with E-state index in [1.807, 2.05) is 6.07 Å². The van der Waals surface area contributed by atoms with Crippen LogP contribution in [0.15, 0.2) is 18.2 Å². The van der Waals surface area contributed by atoms with Crippen LogP contribution in [0.1, 0.15) is 23.6 Å². The quantitative estimate of drug-likeness (QED) is 0.832. The molecule has 0 saturated carbocycles. The van der Waals surface area contributed by atoms with Crippen LogP contribution >= 0.6 is 11.6 Å². The predicted molar refractivity (Wildman–Crippen MR) is 79.9 cm³/mol. The Labute approximate surface area is 120 Å². The van der Waals surface area contributed by atoms with Crippen LogP contribution in [0.4, 0.5) is 0 Å². The molecular weight excluding hydrogens is 260 g/mol. The number of ether oxygens (including phenoxy) is 1. The Morgan fingerprint density at radius 2 is 2.26 bits per heavy atom. The summed E-state index contributed by atoms with van der Waals surface area (Å²) in [5, 5.41) is 4.49. The number of nitrogens with zero attached hydrogens (tertiary/aromatic N) is 1. The molecule has 1 aliphatic carbocycles. The molecule has 1 aromatic carbocycles. The minimum Gasteiger partial charge on any atom is -0.383 e. The summed E-state index contributed by atoms with van der Waals surface area (Å²) in [6.07, 6.45) is 2.31. The van der Waals surface area contributed by atoms with Crippen LogP contribution in [-0.2, 0) is 11.2 Å². The predicted octanol–water partition coefficient (Wildman–Crippen LogP) is 2.50. The molecule has 0 heterocycles. The SMILES string of the molecule is COCCN(C)CCNC1CCc2cc(Cl)ccc21. The van der Waals surface area contributed by atoms with Gasteiger partial charge in [-0.15, -0.1) is 0 Å². The zero-order chi connectivity index (χ0) is 13.7. The fourth-order valence-electron chi connectivity index (χ4n) is 2.59. The van der Waals surface area contributed by atoms with Crippen molar-refractivity contribution in [2.24, 2.45) is 0 Å². The number of hydrogen-bond acceptors (Lipinski definition) is 3. The number of nitrogens with one attached hydrogen (secondary N) is 1. The molecule has 0 radical (unpaired) electrons. The molecule has 2 rings (SSSR count). The van der Waals surface area contributed by atoms with E-state index in [1.54, 1.807) is 7.11 Å². The lowest BCUT2D eigenvalue weighted by atomic mass is 10.1. The summed E-state index contributed by atoms with van der Waals surface area (Å²) in [4.78, 5) is 2.29. The van der Waals surface area contributed by atoms with E-state index in [4.69, 9.17) is 16.3 Å². The number of halogens is 1. The van der Waals surface area contributed by atoms with Crippen LogP contribution in [-0.4, -0.2) is 45.3 Å². The highest BCUT2D eigenvalue weighted by atomic mass is 35.5. The molecule has 0 spiro atoms. The van der Waals surface area contributed by atoms with Gasteiger partial charge >= 0.3 is 0 Å². The monoisotopic (exact) mass is 282 g/mol. The van der Waals surface area contributed by atoms with Gasteiger partial charge in [-0.3, -0.25) is 0 Å². The molecular formula is C15H23ClN2O. The van der Waals surface area contributed by atoms with Gasteiger partial charge in [0.05, 0.1) is 6.61 Å². The molecule has 1 unspecified atom stereocenters. The lowest BCUT2D eigenvalue weighted by Gasteiger charge is -2.19. The van der Waals surface area contributed by atoms with Gasteiger partial charge in [-0.1, -0.05) is 17.7 Å². The van der Waals surface area contributed by atoms with E-state index in [0.717, 1.165) is 37.7 Å². The topological polar surface area (TPSA) is 24.5 Å². The molecule has 1 aromatic rings. The van der Waals surface area contributed by atoms with Crippen LogP contribution in [0.5, 0.6) is 0 Å². The number of fused-ring (bicyclic) bond motifs is 1. The van der Waals surface area contributed by atoms with E-state index < -0.39 is 0 Å². The minimum atomic E-state index is 0.489. The van der Waals surface area contributed by atoms with E-state index in [2.05, 4.69) is 29.4 Å². The summed E-state index contributed by atoms with van der Waals surface area (Å²) in [6, 6.07) is 6.74.